The van der Waals surface area contributed by atoms with Gasteiger partial charge in [-0.15, -0.1) is 0 Å². The van der Waals surface area contributed by atoms with Crippen LogP contribution in [0.2, 0.25) is 0 Å². The maximum absolute atomic E-state index is 11.7. The van der Waals surface area contributed by atoms with E-state index in [1.165, 1.54) is 6.21 Å². The molecule has 0 spiro atoms. The van der Waals surface area contributed by atoms with Crippen LogP contribution in [-0.4, -0.2) is 19.3 Å². The molecule has 0 fully saturated rings. The Morgan fingerprint density at radius 2 is 1.95 bits per heavy atom. The zero-order chi connectivity index (χ0) is 14.4. The van der Waals surface area contributed by atoms with Crippen LogP contribution in [0.4, 0.5) is 0 Å². The topological polar surface area (TPSA) is 47.9 Å². The zero-order valence-corrected chi connectivity index (χ0v) is 12.3. The van der Waals surface area contributed by atoms with E-state index < -0.39 is 5.97 Å². The van der Waals surface area contributed by atoms with Crippen LogP contribution in [0.25, 0.3) is 0 Å². The molecule has 0 amide bonds. The summed E-state index contributed by atoms with van der Waals surface area (Å²) in [5.41, 5.74) is 1.25. The minimum atomic E-state index is -0.515. The fourth-order valence-corrected chi connectivity index (χ4v) is 1.92. The van der Waals surface area contributed by atoms with Crippen molar-refractivity contribution in [1.29, 1.82) is 0 Å². The summed E-state index contributed by atoms with van der Waals surface area (Å²) in [5.74, 6) is 0.165. The summed E-state index contributed by atoms with van der Waals surface area (Å²) in [6.07, 6.45) is 1.48. The third-order valence-electron chi connectivity index (χ3n) is 2.51. The Balaban J connectivity index is 1.97. The predicted octanol–water partition coefficient (Wildman–Crippen LogP) is 3.65. The number of halogens is 1. The summed E-state index contributed by atoms with van der Waals surface area (Å²) in [6.45, 7) is 0. The van der Waals surface area contributed by atoms with E-state index in [1.54, 1.807) is 31.4 Å². The maximum Gasteiger partial charge on any atom is 0.365 e. The lowest BCUT2D eigenvalue weighted by molar-refractivity contribution is 0.0519. The number of oxime groups is 1. The Morgan fingerprint density at radius 3 is 2.60 bits per heavy atom. The fraction of sp³-hybridized carbons (Fsp3) is 0.0667. The van der Waals surface area contributed by atoms with Gasteiger partial charge in [0.1, 0.15) is 5.75 Å². The molecule has 0 aliphatic heterocycles. The van der Waals surface area contributed by atoms with E-state index in [0.29, 0.717) is 11.3 Å². The first-order valence-corrected chi connectivity index (χ1v) is 6.62. The standard InChI is InChI=1S/C15H12BrNO3/c1-19-14-7-5-12(6-8-14)15(18)20-17-10-11-3-2-4-13(16)9-11/h2-10H,1H3/b17-10-. The molecule has 4 nitrogen and oxygen atoms in total. The summed E-state index contributed by atoms with van der Waals surface area (Å²) in [5, 5.41) is 3.67. The van der Waals surface area contributed by atoms with Crippen LogP contribution in [0.1, 0.15) is 15.9 Å². The molecule has 0 N–H and O–H groups in total. The molecule has 0 radical (unpaired) electrons. The van der Waals surface area contributed by atoms with Crippen molar-refractivity contribution in [3.05, 3.63) is 64.1 Å². The first-order chi connectivity index (χ1) is 9.69. The maximum atomic E-state index is 11.7. The van der Waals surface area contributed by atoms with Gasteiger partial charge in [-0.3, -0.25) is 0 Å². The van der Waals surface area contributed by atoms with E-state index in [9.17, 15) is 4.79 Å². The van der Waals surface area contributed by atoms with Crippen molar-refractivity contribution >= 4 is 28.1 Å². The lowest BCUT2D eigenvalue weighted by atomic mass is 10.2. The van der Waals surface area contributed by atoms with Gasteiger partial charge in [0.05, 0.1) is 18.9 Å². The van der Waals surface area contributed by atoms with Gasteiger partial charge in [-0.25, -0.2) is 4.79 Å². The molecule has 0 saturated heterocycles. The number of benzene rings is 2. The van der Waals surface area contributed by atoms with Gasteiger partial charge in [0, 0.05) is 4.47 Å². The Labute approximate surface area is 125 Å². The molecule has 0 aromatic heterocycles. The third-order valence-corrected chi connectivity index (χ3v) is 3.01. The van der Waals surface area contributed by atoms with Crippen molar-refractivity contribution in [2.24, 2.45) is 5.16 Å². The van der Waals surface area contributed by atoms with Crippen molar-refractivity contribution in [2.45, 2.75) is 0 Å². The molecule has 0 aliphatic rings. The number of nitrogens with zero attached hydrogens (tertiary/aromatic N) is 1. The molecule has 0 aliphatic carbocycles. The van der Waals surface area contributed by atoms with Crippen LogP contribution >= 0.6 is 15.9 Å². The van der Waals surface area contributed by atoms with Gasteiger partial charge in [0.2, 0.25) is 0 Å². The fourth-order valence-electron chi connectivity index (χ4n) is 1.50. The Hall–Kier alpha value is -2.14. The van der Waals surface area contributed by atoms with Crippen LogP contribution in [0.5, 0.6) is 5.75 Å². The smallest absolute Gasteiger partial charge is 0.365 e. The molecular formula is C15H12BrNO3. The summed E-state index contributed by atoms with van der Waals surface area (Å²) in [7, 11) is 1.57. The average molecular weight is 334 g/mol. The highest BCUT2D eigenvalue weighted by atomic mass is 79.9. The van der Waals surface area contributed by atoms with Crippen molar-refractivity contribution in [2.75, 3.05) is 7.11 Å². The monoisotopic (exact) mass is 333 g/mol. The molecule has 20 heavy (non-hydrogen) atoms. The first kappa shape index (κ1) is 14.3. The normalized spacial score (nSPS) is 10.5. The molecule has 2 rings (SSSR count). The van der Waals surface area contributed by atoms with Crippen LogP contribution in [0.3, 0.4) is 0 Å². The van der Waals surface area contributed by atoms with Gasteiger partial charge in [0.25, 0.3) is 0 Å². The average Bonchev–Trinajstić information content (AvgIpc) is 2.47. The van der Waals surface area contributed by atoms with Gasteiger partial charge in [-0.2, -0.15) is 0 Å². The van der Waals surface area contributed by atoms with Crippen molar-refractivity contribution in [1.82, 2.24) is 0 Å². The Kier molecular flexibility index (Phi) is 4.90. The minimum Gasteiger partial charge on any atom is -0.497 e. The molecule has 102 valence electrons. The Morgan fingerprint density at radius 1 is 1.20 bits per heavy atom. The summed E-state index contributed by atoms with van der Waals surface area (Å²) >= 11 is 3.35. The predicted molar refractivity (Wildman–Crippen MR) is 80.1 cm³/mol. The Bertz CT molecular complexity index is 623. The molecule has 0 unspecified atom stereocenters. The molecule has 2 aromatic rings. The molecule has 5 heteroatoms. The van der Waals surface area contributed by atoms with Gasteiger partial charge in [-0.1, -0.05) is 33.2 Å². The van der Waals surface area contributed by atoms with Gasteiger partial charge in [-0.05, 0) is 42.0 Å². The van der Waals surface area contributed by atoms with E-state index in [2.05, 4.69) is 21.1 Å². The number of carbonyl (C=O) groups is 1. The molecule has 0 saturated carbocycles. The largest absolute Gasteiger partial charge is 0.497 e. The second-order valence-corrected chi connectivity index (χ2v) is 4.81. The number of carbonyl (C=O) groups excluding carboxylic acids is 1. The van der Waals surface area contributed by atoms with Crippen molar-refractivity contribution < 1.29 is 14.4 Å². The summed E-state index contributed by atoms with van der Waals surface area (Å²) < 4.78 is 5.95. The minimum absolute atomic E-state index is 0.414. The van der Waals surface area contributed by atoms with Crippen LogP contribution in [0, 0.1) is 0 Å². The quantitative estimate of drug-likeness (QED) is 0.487. The van der Waals surface area contributed by atoms with E-state index in [4.69, 9.17) is 9.57 Å². The van der Waals surface area contributed by atoms with E-state index in [-0.39, 0.29) is 0 Å². The van der Waals surface area contributed by atoms with Crippen LogP contribution in [0.15, 0.2) is 58.2 Å². The highest BCUT2D eigenvalue weighted by Gasteiger charge is 2.06. The molecule has 2 aromatic carbocycles. The van der Waals surface area contributed by atoms with Crippen molar-refractivity contribution in [3.8, 4) is 5.75 Å². The molecule has 0 bridgehead atoms. The number of methoxy groups -OCH3 is 1. The SMILES string of the molecule is COc1ccc(C(=O)O/N=C\c2cccc(Br)c2)cc1. The number of ether oxygens (including phenoxy) is 1. The number of rotatable bonds is 4. The van der Waals surface area contributed by atoms with Gasteiger partial charge < -0.3 is 9.57 Å². The summed E-state index contributed by atoms with van der Waals surface area (Å²) in [6, 6.07) is 14.1. The van der Waals surface area contributed by atoms with E-state index >= 15 is 0 Å². The van der Waals surface area contributed by atoms with E-state index in [1.807, 2.05) is 24.3 Å². The number of hydrogen-bond donors (Lipinski definition) is 0. The van der Waals surface area contributed by atoms with Crippen LogP contribution < -0.4 is 4.74 Å². The zero-order valence-electron chi connectivity index (χ0n) is 10.7. The van der Waals surface area contributed by atoms with Crippen molar-refractivity contribution in [3.63, 3.8) is 0 Å². The second kappa shape index (κ2) is 6.86. The lowest BCUT2D eigenvalue weighted by Crippen LogP contribution is -2.00. The number of hydrogen-bond acceptors (Lipinski definition) is 4. The second-order valence-electron chi connectivity index (χ2n) is 3.90. The molecule has 0 heterocycles. The van der Waals surface area contributed by atoms with Gasteiger partial charge in [0.15, 0.2) is 0 Å². The molecular weight excluding hydrogens is 322 g/mol. The third kappa shape index (κ3) is 3.93. The van der Waals surface area contributed by atoms with E-state index in [0.717, 1.165) is 10.0 Å². The highest BCUT2D eigenvalue weighted by molar-refractivity contribution is 9.10. The van der Waals surface area contributed by atoms with Crippen LogP contribution in [-0.2, 0) is 4.84 Å². The summed E-state index contributed by atoms with van der Waals surface area (Å²) in [4.78, 5) is 16.5. The molecule has 0 atom stereocenters. The lowest BCUT2D eigenvalue weighted by Gasteiger charge is -2.00. The first-order valence-electron chi connectivity index (χ1n) is 5.83. The van der Waals surface area contributed by atoms with Gasteiger partial charge >= 0.3 is 5.97 Å². The highest BCUT2D eigenvalue weighted by Crippen LogP contribution is 2.12.